The minimum absolute atomic E-state index is 0.0599. The second kappa shape index (κ2) is 10.7. The molecule has 0 spiro atoms. The van der Waals surface area contributed by atoms with E-state index in [0.717, 1.165) is 28.7 Å². The summed E-state index contributed by atoms with van der Waals surface area (Å²) < 4.78 is 11.5. The van der Waals surface area contributed by atoms with Crippen molar-refractivity contribution in [3.8, 4) is 45.3 Å². The number of ether oxygens (including phenoxy) is 2. The topological polar surface area (TPSA) is 100 Å². The lowest BCUT2D eigenvalue weighted by Gasteiger charge is -2.20. The number of aromatic hydroxyl groups is 2. The Balaban J connectivity index is 2.02. The molecule has 3 N–H and O–H groups in total. The Kier molecular flexibility index (Phi) is 7.48. The van der Waals surface area contributed by atoms with Gasteiger partial charge in [-0.05, 0) is 84.3 Å². The van der Waals surface area contributed by atoms with Gasteiger partial charge in [-0.1, -0.05) is 13.8 Å². The summed E-state index contributed by atoms with van der Waals surface area (Å²) in [5, 5.41) is 26.2. The first-order valence-electron chi connectivity index (χ1n) is 12.4. The number of hydrogen-bond acceptors (Lipinski definition) is 6. The smallest absolute Gasteiger partial charge is 0.244 e. The monoisotopic (exact) mass is 488 g/mol. The van der Waals surface area contributed by atoms with Gasteiger partial charge in [-0.25, -0.2) is 5.43 Å². The van der Waals surface area contributed by atoms with Crippen LogP contribution < -0.4 is 14.9 Å². The molecule has 0 fully saturated rings. The number of rotatable bonds is 8. The van der Waals surface area contributed by atoms with Crippen LogP contribution >= 0.6 is 0 Å². The summed E-state index contributed by atoms with van der Waals surface area (Å²) in [6.07, 6.45) is 3.19. The largest absolute Gasteiger partial charge is 0.507 e. The van der Waals surface area contributed by atoms with E-state index in [-0.39, 0.29) is 23.8 Å². The minimum atomic E-state index is -0.217. The zero-order valence-corrected chi connectivity index (χ0v) is 21.1. The van der Waals surface area contributed by atoms with Gasteiger partial charge in [-0.15, -0.1) is 0 Å². The maximum Gasteiger partial charge on any atom is 0.244 e. The number of fused-ring (bicyclic) bond motifs is 1. The van der Waals surface area contributed by atoms with Gasteiger partial charge >= 0.3 is 0 Å². The molecule has 4 rings (SSSR count). The molecule has 0 atom stereocenters. The SMILES string of the molecule is CCOc1cc(O)c(-c2cc3c(cc2-c2cc(CC)c(OCC)cc2O)CC(=O)NN=C3)cc1CC. The van der Waals surface area contributed by atoms with Crippen LogP contribution in [0.1, 0.15) is 49.9 Å². The third kappa shape index (κ3) is 4.87. The Morgan fingerprint density at radius 1 is 0.778 bits per heavy atom. The molecule has 3 aromatic rings. The Bertz CT molecular complexity index is 1330. The fourth-order valence-electron chi connectivity index (χ4n) is 4.56. The summed E-state index contributed by atoms with van der Waals surface area (Å²) >= 11 is 0. The van der Waals surface area contributed by atoms with Crippen LogP contribution in [0.2, 0.25) is 0 Å². The van der Waals surface area contributed by atoms with Crippen molar-refractivity contribution in [2.75, 3.05) is 13.2 Å². The van der Waals surface area contributed by atoms with Crippen molar-refractivity contribution in [3.05, 3.63) is 58.7 Å². The highest BCUT2D eigenvalue weighted by atomic mass is 16.5. The van der Waals surface area contributed by atoms with Crippen molar-refractivity contribution < 1.29 is 24.5 Å². The molecule has 0 aromatic heterocycles. The molecule has 0 unspecified atom stereocenters. The van der Waals surface area contributed by atoms with Gasteiger partial charge in [-0.2, -0.15) is 5.10 Å². The van der Waals surface area contributed by atoms with Crippen molar-refractivity contribution in [1.82, 2.24) is 5.43 Å². The number of phenols is 2. The Morgan fingerprint density at radius 2 is 1.31 bits per heavy atom. The number of amides is 1. The molecule has 0 bridgehead atoms. The van der Waals surface area contributed by atoms with Gasteiger partial charge in [0.1, 0.15) is 23.0 Å². The molecule has 1 heterocycles. The number of hydrazone groups is 1. The zero-order chi connectivity index (χ0) is 25.8. The molecular weight excluding hydrogens is 456 g/mol. The minimum Gasteiger partial charge on any atom is -0.507 e. The highest BCUT2D eigenvalue weighted by Gasteiger charge is 2.22. The van der Waals surface area contributed by atoms with E-state index in [2.05, 4.69) is 10.5 Å². The van der Waals surface area contributed by atoms with E-state index in [9.17, 15) is 15.0 Å². The third-order valence-corrected chi connectivity index (χ3v) is 6.32. The highest BCUT2D eigenvalue weighted by molar-refractivity contribution is 5.97. The fourth-order valence-corrected chi connectivity index (χ4v) is 4.56. The molecule has 7 heteroatoms. The molecule has 1 aliphatic rings. The van der Waals surface area contributed by atoms with Crippen LogP contribution in [-0.2, 0) is 24.1 Å². The number of carbonyl (C=O) groups excluding carboxylic acids is 1. The molecule has 1 aliphatic heterocycles. The maximum absolute atomic E-state index is 12.2. The van der Waals surface area contributed by atoms with Gasteiger partial charge in [0.25, 0.3) is 0 Å². The lowest BCUT2D eigenvalue weighted by Crippen LogP contribution is -2.17. The number of nitrogens with zero attached hydrogens (tertiary/aromatic N) is 1. The number of aryl methyl sites for hydroxylation is 2. The molecule has 0 aliphatic carbocycles. The zero-order valence-electron chi connectivity index (χ0n) is 21.1. The normalized spacial score (nSPS) is 12.6. The predicted molar refractivity (Wildman–Crippen MR) is 141 cm³/mol. The first-order valence-corrected chi connectivity index (χ1v) is 12.4. The quantitative estimate of drug-likeness (QED) is 0.396. The van der Waals surface area contributed by atoms with Crippen LogP contribution in [0.4, 0.5) is 0 Å². The highest BCUT2D eigenvalue weighted by Crippen LogP contribution is 2.45. The number of carbonyl (C=O) groups is 1. The van der Waals surface area contributed by atoms with Crippen LogP contribution in [0.3, 0.4) is 0 Å². The van der Waals surface area contributed by atoms with Gasteiger partial charge in [0.15, 0.2) is 0 Å². The summed E-state index contributed by atoms with van der Waals surface area (Å²) in [7, 11) is 0. The first kappa shape index (κ1) is 25.1. The van der Waals surface area contributed by atoms with Crippen molar-refractivity contribution in [1.29, 1.82) is 0 Å². The summed E-state index contributed by atoms with van der Waals surface area (Å²) in [6.45, 7) is 8.86. The lowest BCUT2D eigenvalue weighted by molar-refractivity contribution is -0.120. The molecular formula is C29H32N2O5. The van der Waals surface area contributed by atoms with E-state index < -0.39 is 0 Å². The second-order valence-corrected chi connectivity index (χ2v) is 8.59. The Hall–Kier alpha value is -4.00. The van der Waals surface area contributed by atoms with E-state index in [1.807, 2.05) is 52.0 Å². The van der Waals surface area contributed by atoms with Crippen molar-refractivity contribution in [3.63, 3.8) is 0 Å². The van der Waals surface area contributed by atoms with Gasteiger partial charge in [0.05, 0.1) is 25.8 Å². The Morgan fingerprint density at radius 3 is 1.81 bits per heavy atom. The molecule has 3 aromatic carbocycles. The van der Waals surface area contributed by atoms with Crippen LogP contribution in [0, 0.1) is 0 Å². The Labute approximate surface area is 211 Å². The van der Waals surface area contributed by atoms with Crippen molar-refractivity contribution >= 4 is 12.1 Å². The number of benzene rings is 3. The molecule has 0 saturated heterocycles. The fraction of sp³-hybridized carbons (Fsp3) is 0.310. The maximum atomic E-state index is 12.2. The van der Waals surface area contributed by atoms with Crippen molar-refractivity contribution in [2.45, 2.75) is 47.0 Å². The summed E-state index contributed by atoms with van der Waals surface area (Å²) in [4.78, 5) is 12.2. The van der Waals surface area contributed by atoms with Crippen molar-refractivity contribution in [2.24, 2.45) is 5.10 Å². The summed E-state index contributed by atoms with van der Waals surface area (Å²) in [6, 6.07) is 10.9. The predicted octanol–water partition coefficient (Wildman–Crippen LogP) is 5.36. The number of hydrogen-bond donors (Lipinski definition) is 3. The third-order valence-electron chi connectivity index (χ3n) is 6.32. The molecule has 1 amide bonds. The second-order valence-electron chi connectivity index (χ2n) is 8.59. The first-order chi connectivity index (χ1) is 17.4. The van der Waals surface area contributed by atoms with Crippen LogP contribution in [-0.4, -0.2) is 35.5 Å². The van der Waals surface area contributed by atoms with E-state index >= 15 is 0 Å². The average Bonchev–Trinajstić information content (AvgIpc) is 3.04. The van der Waals surface area contributed by atoms with Gasteiger partial charge in [0.2, 0.25) is 5.91 Å². The molecule has 7 nitrogen and oxygen atoms in total. The van der Waals surface area contributed by atoms with Crippen LogP contribution in [0.25, 0.3) is 22.3 Å². The van der Waals surface area contributed by atoms with Gasteiger partial charge in [-0.3, -0.25) is 4.79 Å². The molecule has 36 heavy (non-hydrogen) atoms. The van der Waals surface area contributed by atoms with E-state index in [4.69, 9.17) is 9.47 Å². The number of nitrogens with one attached hydrogen (secondary N) is 1. The van der Waals surface area contributed by atoms with E-state index in [1.54, 1.807) is 18.3 Å². The molecule has 188 valence electrons. The van der Waals surface area contributed by atoms with Crippen LogP contribution in [0.5, 0.6) is 23.0 Å². The summed E-state index contributed by atoms with van der Waals surface area (Å²) in [5.41, 5.74) is 8.59. The number of phenolic OH excluding ortho intramolecular Hbond substituents is 2. The van der Waals surface area contributed by atoms with E-state index in [1.165, 1.54) is 0 Å². The van der Waals surface area contributed by atoms with Gasteiger partial charge < -0.3 is 19.7 Å². The average molecular weight is 489 g/mol. The van der Waals surface area contributed by atoms with Gasteiger partial charge in [0, 0.05) is 23.3 Å². The molecule has 0 saturated carbocycles. The molecule has 0 radical (unpaired) electrons. The lowest BCUT2D eigenvalue weighted by atomic mass is 9.87. The van der Waals surface area contributed by atoms with E-state index in [0.29, 0.717) is 53.4 Å². The standard InChI is InChI=1S/C29H32N2O5/c1-5-17-9-23(25(32)14-27(17)35-7-3)21-11-19-13-29(34)31-30-16-20(19)12-22(21)24-10-18(6-2)28(36-8-4)15-26(24)33/h9-12,14-16,32-33H,5-8,13H2,1-4H3,(H,31,34). The van der Waals surface area contributed by atoms with Crippen LogP contribution in [0.15, 0.2) is 41.5 Å². The summed E-state index contributed by atoms with van der Waals surface area (Å²) in [5.74, 6) is 1.20.